The molecule has 39 heavy (non-hydrogen) atoms. The quantitative estimate of drug-likeness (QED) is 0.352. The summed E-state index contributed by atoms with van der Waals surface area (Å²) in [6.45, 7) is 7.57. The first-order chi connectivity index (χ1) is 18.5. The Hall–Kier alpha value is -3.41. The molecular formula is C32H28Cl2N2O3. The number of ketones is 2. The van der Waals surface area contributed by atoms with Crippen molar-refractivity contribution >= 4 is 57.6 Å². The number of halogens is 2. The highest BCUT2D eigenvalue weighted by Crippen LogP contribution is 2.59. The van der Waals surface area contributed by atoms with Gasteiger partial charge in [-0.05, 0) is 48.4 Å². The number of anilines is 2. The molecular weight excluding hydrogens is 531 g/mol. The number of carbonyl (C=O) groups is 3. The van der Waals surface area contributed by atoms with Gasteiger partial charge in [0.15, 0.2) is 11.6 Å². The van der Waals surface area contributed by atoms with Crippen LogP contribution in [0.25, 0.3) is 5.57 Å². The molecule has 3 aromatic carbocycles. The molecule has 4 atom stereocenters. The molecule has 0 bridgehead atoms. The van der Waals surface area contributed by atoms with E-state index >= 15 is 0 Å². The van der Waals surface area contributed by atoms with Crippen molar-refractivity contribution < 1.29 is 14.4 Å². The highest BCUT2D eigenvalue weighted by molar-refractivity contribution is 6.37. The average Bonchev–Trinajstić information content (AvgIpc) is 3.35. The van der Waals surface area contributed by atoms with Crippen LogP contribution in [0.15, 0.2) is 72.8 Å². The number of allylic oxidation sites excluding steroid dienone is 1. The predicted octanol–water partition coefficient (Wildman–Crippen LogP) is 6.97. The summed E-state index contributed by atoms with van der Waals surface area (Å²) in [6, 6.07) is 18.5. The van der Waals surface area contributed by atoms with E-state index in [4.69, 9.17) is 23.2 Å². The van der Waals surface area contributed by atoms with Crippen LogP contribution in [0.3, 0.4) is 0 Å². The molecule has 3 aromatic rings. The highest BCUT2D eigenvalue weighted by atomic mass is 35.5. The summed E-state index contributed by atoms with van der Waals surface area (Å²) >= 11 is 12.8. The van der Waals surface area contributed by atoms with Crippen molar-refractivity contribution in [2.45, 2.75) is 45.2 Å². The van der Waals surface area contributed by atoms with Gasteiger partial charge in [-0.3, -0.25) is 14.4 Å². The molecule has 3 aliphatic heterocycles. The Morgan fingerprint density at radius 1 is 0.974 bits per heavy atom. The predicted molar refractivity (Wildman–Crippen MR) is 156 cm³/mol. The Bertz CT molecular complexity index is 1600. The van der Waals surface area contributed by atoms with Crippen LogP contribution in [0.1, 0.15) is 49.2 Å². The van der Waals surface area contributed by atoms with Crippen LogP contribution in [0.5, 0.6) is 0 Å². The normalized spacial score (nSPS) is 25.1. The summed E-state index contributed by atoms with van der Waals surface area (Å²) in [4.78, 5) is 45.6. The Balaban J connectivity index is 1.71. The second-order valence-corrected chi connectivity index (χ2v) is 12.5. The van der Waals surface area contributed by atoms with Crippen molar-refractivity contribution in [2.75, 3.05) is 10.2 Å². The number of Topliss-reactive ketones (excluding diaryl/α,β-unsaturated/α-hetero) is 2. The average molecular weight is 559 g/mol. The number of hydrogen-bond donors (Lipinski definition) is 1. The summed E-state index contributed by atoms with van der Waals surface area (Å²) in [6.07, 6.45) is 2.05. The van der Waals surface area contributed by atoms with Gasteiger partial charge < -0.3 is 10.2 Å². The van der Waals surface area contributed by atoms with Gasteiger partial charge in [0, 0.05) is 32.9 Å². The Morgan fingerprint density at radius 2 is 1.67 bits per heavy atom. The number of nitrogens with zero attached hydrogens (tertiary/aromatic N) is 1. The van der Waals surface area contributed by atoms with Crippen LogP contribution in [0, 0.1) is 11.3 Å². The molecule has 0 aliphatic carbocycles. The molecule has 1 fully saturated rings. The lowest BCUT2D eigenvalue weighted by molar-refractivity contribution is -0.128. The van der Waals surface area contributed by atoms with Crippen molar-refractivity contribution in [3.63, 3.8) is 0 Å². The van der Waals surface area contributed by atoms with E-state index in [0.29, 0.717) is 16.3 Å². The fourth-order valence-corrected chi connectivity index (χ4v) is 7.19. The van der Waals surface area contributed by atoms with Crippen LogP contribution in [0.2, 0.25) is 10.0 Å². The van der Waals surface area contributed by atoms with Gasteiger partial charge in [-0.1, -0.05) is 86.4 Å². The van der Waals surface area contributed by atoms with Crippen molar-refractivity contribution in [3.8, 4) is 0 Å². The monoisotopic (exact) mass is 558 g/mol. The van der Waals surface area contributed by atoms with Crippen LogP contribution in [-0.2, 0) is 15.0 Å². The van der Waals surface area contributed by atoms with Gasteiger partial charge in [0.05, 0.1) is 17.0 Å². The number of amides is 1. The molecule has 0 unspecified atom stereocenters. The zero-order valence-electron chi connectivity index (χ0n) is 22.1. The third kappa shape index (κ3) is 3.56. The van der Waals surface area contributed by atoms with E-state index in [-0.39, 0.29) is 28.1 Å². The van der Waals surface area contributed by atoms with Gasteiger partial charge in [0.1, 0.15) is 11.5 Å². The molecule has 1 N–H and O–H groups in total. The smallest absolute Gasteiger partial charge is 0.238 e. The molecule has 0 aromatic heterocycles. The SMILES string of the molecule is CC1=C[C@@H]2N(c3ccccc31)[C@H](C(=O)C(C)(C)C)[C@@H](C(=O)c1ccc(Cl)cc1Cl)[C@@]21C(=O)Nc2ccccc21. The molecule has 0 radical (unpaired) electrons. The third-order valence-electron chi connectivity index (χ3n) is 8.37. The van der Waals surface area contributed by atoms with Gasteiger partial charge in [-0.2, -0.15) is 0 Å². The number of hydrogen-bond acceptors (Lipinski definition) is 4. The minimum atomic E-state index is -1.36. The second-order valence-electron chi connectivity index (χ2n) is 11.6. The van der Waals surface area contributed by atoms with Gasteiger partial charge in [-0.25, -0.2) is 0 Å². The van der Waals surface area contributed by atoms with Crippen LogP contribution in [0.4, 0.5) is 11.4 Å². The molecule has 6 rings (SSSR count). The number of fused-ring (bicyclic) bond motifs is 6. The van der Waals surface area contributed by atoms with E-state index < -0.39 is 28.8 Å². The molecule has 0 saturated carbocycles. The summed E-state index contributed by atoms with van der Waals surface area (Å²) in [5, 5.41) is 3.63. The Kier molecular flexibility index (Phi) is 5.83. The Morgan fingerprint density at radius 3 is 2.38 bits per heavy atom. The zero-order chi connectivity index (χ0) is 27.9. The van der Waals surface area contributed by atoms with Gasteiger partial charge >= 0.3 is 0 Å². The minimum Gasteiger partial charge on any atom is -0.352 e. The van der Waals surface area contributed by atoms with Crippen molar-refractivity contribution in [1.29, 1.82) is 0 Å². The van der Waals surface area contributed by atoms with Crippen molar-refractivity contribution in [3.05, 3.63) is 99.5 Å². The number of para-hydroxylation sites is 2. The first-order valence-electron chi connectivity index (χ1n) is 13.0. The first kappa shape index (κ1) is 25.8. The second kappa shape index (κ2) is 8.80. The third-order valence-corrected chi connectivity index (χ3v) is 8.92. The molecule has 3 aliphatic rings. The zero-order valence-corrected chi connectivity index (χ0v) is 23.6. The van der Waals surface area contributed by atoms with E-state index in [0.717, 1.165) is 16.8 Å². The van der Waals surface area contributed by atoms with Crippen LogP contribution >= 0.6 is 23.2 Å². The van der Waals surface area contributed by atoms with Gasteiger partial charge in [0.2, 0.25) is 5.91 Å². The molecule has 1 amide bonds. The molecule has 1 saturated heterocycles. The van der Waals surface area contributed by atoms with Gasteiger partial charge in [0.25, 0.3) is 0 Å². The van der Waals surface area contributed by atoms with Crippen molar-refractivity contribution in [1.82, 2.24) is 0 Å². The van der Waals surface area contributed by atoms with E-state index in [1.54, 1.807) is 12.1 Å². The lowest BCUT2D eigenvalue weighted by Gasteiger charge is -2.39. The van der Waals surface area contributed by atoms with E-state index in [1.807, 2.05) is 87.2 Å². The van der Waals surface area contributed by atoms with E-state index in [2.05, 4.69) is 5.32 Å². The first-order valence-corrected chi connectivity index (χ1v) is 13.7. The topological polar surface area (TPSA) is 66.5 Å². The fourth-order valence-electron chi connectivity index (χ4n) is 6.69. The lowest BCUT2D eigenvalue weighted by atomic mass is 9.63. The summed E-state index contributed by atoms with van der Waals surface area (Å²) in [5.41, 5.74) is 2.24. The molecule has 7 heteroatoms. The maximum atomic E-state index is 14.8. The lowest BCUT2D eigenvalue weighted by Crippen LogP contribution is -2.51. The number of nitrogens with one attached hydrogen (secondary N) is 1. The van der Waals surface area contributed by atoms with Gasteiger partial charge in [-0.15, -0.1) is 0 Å². The summed E-state index contributed by atoms with van der Waals surface area (Å²) < 4.78 is 0. The molecule has 5 nitrogen and oxygen atoms in total. The summed E-state index contributed by atoms with van der Waals surface area (Å²) in [7, 11) is 0. The molecule has 198 valence electrons. The van der Waals surface area contributed by atoms with E-state index in [9.17, 15) is 14.4 Å². The maximum Gasteiger partial charge on any atom is 0.238 e. The van der Waals surface area contributed by atoms with Crippen molar-refractivity contribution in [2.24, 2.45) is 11.3 Å². The standard InChI is InChI=1S/C32H28Cl2N2O3/c1-17-15-25-32(21-10-6-7-11-23(21)35-30(32)39)26(28(37)20-14-13-18(33)16-22(20)34)27(29(38)31(2,3)4)36(25)24-12-8-5-9-19(17)24/h5-16,25-27H,1-4H3,(H,35,39)/t25-,26-,27-,32-/m0/s1. The number of rotatable bonds is 3. The molecule has 3 heterocycles. The summed E-state index contributed by atoms with van der Waals surface area (Å²) in [5.74, 6) is -1.82. The maximum absolute atomic E-state index is 14.8. The number of benzene rings is 3. The number of carbonyl (C=O) groups excluding carboxylic acids is 3. The molecule has 1 spiro atoms. The largest absolute Gasteiger partial charge is 0.352 e. The van der Waals surface area contributed by atoms with Crippen LogP contribution in [-0.4, -0.2) is 29.6 Å². The van der Waals surface area contributed by atoms with E-state index in [1.165, 1.54) is 6.07 Å². The minimum absolute atomic E-state index is 0.118. The Labute approximate surface area is 237 Å². The fraction of sp³-hybridized carbons (Fsp3) is 0.281. The highest BCUT2D eigenvalue weighted by Gasteiger charge is 2.71. The van der Waals surface area contributed by atoms with Crippen LogP contribution < -0.4 is 10.2 Å².